The maximum absolute atomic E-state index is 9.50. The number of terminal acetylenes is 2. The molecule has 0 aliphatic rings. The molecule has 1 heterocycles. The second-order valence-electron chi connectivity index (χ2n) is 3.72. The first-order valence-electron chi connectivity index (χ1n) is 5.60. The van der Waals surface area contributed by atoms with Gasteiger partial charge in [0.1, 0.15) is 6.10 Å². The van der Waals surface area contributed by atoms with Gasteiger partial charge in [0.25, 0.3) is 0 Å². The molecule has 0 amide bonds. The van der Waals surface area contributed by atoms with Crippen LogP contribution in [0.25, 0.3) is 11.4 Å². The monoisotopic (exact) mass is 266 g/mol. The Hall–Kier alpha value is -3.02. The van der Waals surface area contributed by atoms with Gasteiger partial charge in [-0.2, -0.15) is 0 Å². The first-order valence-corrected chi connectivity index (χ1v) is 5.60. The predicted octanol–water partition coefficient (Wildman–Crippen LogP) is 1.71. The van der Waals surface area contributed by atoms with Crippen molar-refractivity contribution >= 4 is 0 Å². The third-order valence-electron chi connectivity index (χ3n) is 2.46. The van der Waals surface area contributed by atoms with Crippen molar-refractivity contribution < 1.29 is 14.9 Å². The molecule has 0 spiro atoms. The molecule has 1 aromatic carbocycles. The summed E-state index contributed by atoms with van der Waals surface area (Å²) in [5.74, 6) is 3.04. The van der Waals surface area contributed by atoms with Gasteiger partial charge in [0, 0.05) is 5.56 Å². The van der Waals surface area contributed by atoms with Crippen molar-refractivity contribution in [1.29, 1.82) is 0 Å². The lowest BCUT2D eigenvalue weighted by atomic mass is 10.1. The number of nitrogens with zero attached hydrogens (tertiary/aromatic N) is 2. The van der Waals surface area contributed by atoms with Crippen molar-refractivity contribution in [2.45, 2.75) is 6.10 Å². The van der Waals surface area contributed by atoms with Gasteiger partial charge in [0.05, 0.1) is 12.4 Å². The summed E-state index contributed by atoms with van der Waals surface area (Å²) < 4.78 is 0. The fraction of sp³-hybridized carbons (Fsp3) is 0.0667. The van der Waals surface area contributed by atoms with Gasteiger partial charge in [0.15, 0.2) is 11.9 Å². The fourth-order valence-electron chi connectivity index (χ4n) is 1.49. The average molecular weight is 266 g/mol. The molecule has 5 nitrogen and oxygen atoms in total. The van der Waals surface area contributed by atoms with Crippen LogP contribution in [0.1, 0.15) is 11.7 Å². The highest BCUT2D eigenvalue weighted by atomic mass is 17.2. The Morgan fingerprint density at radius 2 is 1.75 bits per heavy atom. The quantitative estimate of drug-likeness (QED) is 0.518. The first kappa shape index (κ1) is 13.4. The van der Waals surface area contributed by atoms with Crippen LogP contribution in [0.5, 0.6) is 5.75 Å². The van der Waals surface area contributed by atoms with Crippen molar-refractivity contribution in [2.75, 3.05) is 0 Å². The zero-order valence-electron chi connectivity index (χ0n) is 10.4. The molecule has 1 N–H and O–H groups in total. The number of hydrogen-bond acceptors (Lipinski definition) is 5. The van der Waals surface area contributed by atoms with Crippen LogP contribution in [-0.4, -0.2) is 15.1 Å². The number of benzene rings is 1. The summed E-state index contributed by atoms with van der Waals surface area (Å²) in [5.41, 5.74) is 1.42. The van der Waals surface area contributed by atoms with Crippen LogP contribution in [0.2, 0.25) is 0 Å². The van der Waals surface area contributed by atoms with E-state index in [0.29, 0.717) is 17.1 Å². The molecule has 1 aromatic heterocycles. The van der Waals surface area contributed by atoms with E-state index >= 15 is 0 Å². The molecule has 2 rings (SSSR count). The topological polar surface area (TPSA) is 64.5 Å². The van der Waals surface area contributed by atoms with Gasteiger partial charge in [0.2, 0.25) is 5.75 Å². The van der Waals surface area contributed by atoms with E-state index in [-0.39, 0.29) is 0 Å². The molecule has 2 aromatic rings. The minimum atomic E-state index is -0.915. The molecule has 5 heteroatoms. The van der Waals surface area contributed by atoms with Crippen molar-refractivity contribution in [3.63, 3.8) is 0 Å². The van der Waals surface area contributed by atoms with Gasteiger partial charge in [-0.3, -0.25) is 4.89 Å². The highest BCUT2D eigenvalue weighted by molar-refractivity contribution is 5.55. The van der Waals surface area contributed by atoms with E-state index < -0.39 is 6.10 Å². The van der Waals surface area contributed by atoms with Crippen molar-refractivity contribution in [3.8, 4) is 42.0 Å². The van der Waals surface area contributed by atoms with Crippen LogP contribution < -0.4 is 4.89 Å². The number of hydrogen-bond donors (Lipinski definition) is 1. The first-order chi connectivity index (χ1) is 9.74. The van der Waals surface area contributed by atoms with Gasteiger partial charge < -0.3 is 5.11 Å². The molecule has 0 bridgehead atoms. The van der Waals surface area contributed by atoms with E-state index in [9.17, 15) is 5.11 Å². The third-order valence-corrected chi connectivity index (χ3v) is 2.46. The van der Waals surface area contributed by atoms with Gasteiger partial charge in [-0.25, -0.2) is 14.9 Å². The van der Waals surface area contributed by atoms with E-state index in [1.165, 1.54) is 12.4 Å². The summed E-state index contributed by atoms with van der Waals surface area (Å²) in [6, 6.07) is 6.97. The lowest BCUT2D eigenvalue weighted by Gasteiger charge is -2.05. The number of aromatic nitrogens is 2. The van der Waals surface area contributed by atoms with Crippen LogP contribution in [0.3, 0.4) is 0 Å². The zero-order valence-corrected chi connectivity index (χ0v) is 10.4. The van der Waals surface area contributed by atoms with Gasteiger partial charge >= 0.3 is 0 Å². The van der Waals surface area contributed by atoms with Crippen molar-refractivity contribution in [2.24, 2.45) is 0 Å². The zero-order chi connectivity index (χ0) is 14.4. The lowest BCUT2D eigenvalue weighted by molar-refractivity contribution is -0.134. The second kappa shape index (κ2) is 6.24. The number of aliphatic hydroxyl groups excluding tert-OH is 1. The molecule has 0 fully saturated rings. The SMILES string of the molecule is C#COOc1cnc(-c2ccc(C(O)C#C)cc2)nc1. The Kier molecular flexibility index (Phi) is 4.18. The highest BCUT2D eigenvalue weighted by Gasteiger charge is 2.06. The fourth-order valence-corrected chi connectivity index (χ4v) is 1.49. The third kappa shape index (κ3) is 3.05. The summed E-state index contributed by atoms with van der Waals surface area (Å²) in [5, 5.41) is 9.50. The predicted molar refractivity (Wildman–Crippen MR) is 71.8 cm³/mol. The molecular formula is C15H10N2O3. The van der Waals surface area contributed by atoms with E-state index in [1.807, 2.05) is 6.11 Å². The van der Waals surface area contributed by atoms with E-state index in [2.05, 4.69) is 20.8 Å². The Labute approximate surface area is 116 Å². The Bertz CT molecular complexity index is 652. The van der Waals surface area contributed by atoms with Gasteiger partial charge in [-0.15, -0.1) is 6.42 Å². The molecule has 1 atom stereocenters. The Morgan fingerprint density at radius 1 is 1.10 bits per heavy atom. The van der Waals surface area contributed by atoms with Gasteiger partial charge in [-0.05, 0) is 5.56 Å². The minimum absolute atomic E-state index is 0.297. The van der Waals surface area contributed by atoms with Gasteiger partial charge in [-0.1, -0.05) is 36.6 Å². The largest absolute Gasteiger partial charge is 0.376 e. The van der Waals surface area contributed by atoms with Crippen molar-refractivity contribution in [1.82, 2.24) is 9.97 Å². The van der Waals surface area contributed by atoms with Crippen molar-refractivity contribution in [3.05, 3.63) is 42.2 Å². The lowest BCUT2D eigenvalue weighted by Crippen LogP contribution is -1.95. The molecule has 20 heavy (non-hydrogen) atoms. The number of aliphatic hydroxyl groups is 1. The summed E-state index contributed by atoms with van der Waals surface area (Å²) in [6.07, 6.45) is 13.8. The molecular weight excluding hydrogens is 256 g/mol. The smallest absolute Gasteiger partial charge is 0.216 e. The van der Waals surface area contributed by atoms with E-state index in [4.69, 9.17) is 17.7 Å². The Balaban J connectivity index is 2.16. The van der Waals surface area contributed by atoms with Crippen LogP contribution >= 0.6 is 0 Å². The highest BCUT2D eigenvalue weighted by Crippen LogP contribution is 2.19. The molecule has 0 saturated carbocycles. The summed E-state index contributed by atoms with van der Waals surface area (Å²) in [4.78, 5) is 17.2. The summed E-state index contributed by atoms with van der Waals surface area (Å²) in [6.45, 7) is 0. The molecule has 98 valence electrons. The number of rotatable bonds is 4. The maximum Gasteiger partial charge on any atom is 0.216 e. The second-order valence-corrected chi connectivity index (χ2v) is 3.72. The summed E-state index contributed by atoms with van der Waals surface area (Å²) >= 11 is 0. The van der Waals surface area contributed by atoms with Crippen LogP contribution in [0, 0.1) is 24.9 Å². The minimum Gasteiger partial charge on any atom is -0.376 e. The molecule has 0 aliphatic carbocycles. The summed E-state index contributed by atoms with van der Waals surface area (Å²) in [7, 11) is 0. The van der Waals surface area contributed by atoms with E-state index in [0.717, 1.165) is 5.56 Å². The van der Waals surface area contributed by atoms with Crippen LogP contribution in [-0.2, 0) is 4.89 Å². The Morgan fingerprint density at radius 3 is 2.30 bits per heavy atom. The normalized spacial score (nSPS) is 10.9. The van der Waals surface area contributed by atoms with Crippen LogP contribution in [0.15, 0.2) is 36.7 Å². The van der Waals surface area contributed by atoms with E-state index in [1.54, 1.807) is 24.3 Å². The average Bonchev–Trinajstić information content (AvgIpc) is 2.53. The maximum atomic E-state index is 9.50. The molecule has 0 radical (unpaired) electrons. The molecule has 1 unspecified atom stereocenters. The molecule has 0 saturated heterocycles. The standard InChI is InChI=1S/C15H10N2O3/c1-3-14(18)11-5-7-12(8-6-11)15-16-9-13(10-17-15)20-19-4-2/h1-2,5-10,14,18H. The van der Waals surface area contributed by atoms with Crippen LogP contribution in [0.4, 0.5) is 0 Å². The molecule has 0 aliphatic heterocycles.